The molecule has 32 heavy (non-hydrogen) atoms. The van der Waals surface area contributed by atoms with E-state index in [1.807, 2.05) is 80.1 Å². The van der Waals surface area contributed by atoms with Gasteiger partial charge >= 0.3 is 0 Å². The molecule has 4 aromatic rings. The molecule has 0 spiro atoms. The quantitative estimate of drug-likeness (QED) is 0.451. The van der Waals surface area contributed by atoms with Gasteiger partial charge in [0.2, 0.25) is 0 Å². The second kappa shape index (κ2) is 8.43. The number of pyridine rings is 2. The van der Waals surface area contributed by atoms with Crippen LogP contribution in [0.1, 0.15) is 29.0 Å². The fraction of sp³-hybridized carbons (Fsp3) is 0.160. The first kappa shape index (κ1) is 20.2. The fourth-order valence-corrected chi connectivity index (χ4v) is 4.49. The van der Waals surface area contributed by atoms with Gasteiger partial charge in [-0.1, -0.05) is 18.2 Å². The highest BCUT2D eigenvalue weighted by Crippen LogP contribution is 2.42. The Bertz CT molecular complexity index is 1240. The van der Waals surface area contributed by atoms with Crippen molar-refractivity contribution >= 4 is 23.0 Å². The summed E-state index contributed by atoms with van der Waals surface area (Å²) in [6, 6.07) is 21.9. The van der Waals surface area contributed by atoms with Gasteiger partial charge in [-0.3, -0.25) is 4.98 Å². The van der Waals surface area contributed by atoms with Gasteiger partial charge in [-0.05, 0) is 67.2 Å². The number of hydrogen-bond acceptors (Lipinski definition) is 4. The second-order valence-electron chi connectivity index (χ2n) is 7.69. The Morgan fingerprint density at radius 1 is 1.00 bits per heavy atom. The number of rotatable bonds is 5. The largest absolute Gasteiger partial charge is 0.497 e. The number of aromatic nitrogens is 3. The average Bonchev–Trinajstić information content (AvgIpc) is 3.44. The van der Waals surface area contributed by atoms with Crippen LogP contribution in [0.25, 0.3) is 5.82 Å². The van der Waals surface area contributed by atoms with Crippen LogP contribution in [0.15, 0.2) is 85.3 Å². The van der Waals surface area contributed by atoms with Crippen molar-refractivity contribution in [2.45, 2.75) is 19.0 Å². The number of aryl methyl sites for hydroxylation is 1. The molecule has 0 radical (unpaired) electrons. The Morgan fingerprint density at radius 3 is 2.66 bits per heavy atom. The lowest BCUT2D eigenvalue weighted by molar-refractivity contribution is 0.414. The third-order valence-corrected chi connectivity index (χ3v) is 5.97. The first-order valence-corrected chi connectivity index (χ1v) is 10.8. The summed E-state index contributed by atoms with van der Waals surface area (Å²) in [6.07, 6.45) is 5.73. The van der Waals surface area contributed by atoms with E-state index in [2.05, 4.69) is 36.9 Å². The summed E-state index contributed by atoms with van der Waals surface area (Å²) in [5, 5.41) is 4.14. The van der Waals surface area contributed by atoms with Crippen LogP contribution in [-0.4, -0.2) is 26.8 Å². The highest BCUT2D eigenvalue weighted by atomic mass is 32.1. The molecular weight excluding hydrogens is 418 g/mol. The van der Waals surface area contributed by atoms with Crippen LogP contribution in [0.3, 0.4) is 0 Å². The van der Waals surface area contributed by atoms with Crippen LogP contribution in [0.5, 0.6) is 5.75 Å². The van der Waals surface area contributed by atoms with Crippen molar-refractivity contribution in [1.29, 1.82) is 0 Å². The molecule has 0 saturated carbocycles. The molecular formula is C25H23N5OS. The van der Waals surface area contributed by atoms with Crippen molar-refractivity contribution in [3.05, 3.63) is 102 Å². The Hall–Kier alpha value is -3.71. The number of hydrogen-bond donors (Lipinski definition) is 1. The topological polar surface area (TPSA) is 55.2 Å². The Balaban J connectivity index is 1.66. The first-order chi connectivity index (χ1) is 15.7. The van der Waals surface area contributed by atoms with Gasteiger partial charge in [0.15, 0.2) is 5.11 Å². The fourth-order valence-electron chi connectivity index (χ4n) is 4.14. The Labute approximate surface area is 192 Å². The molecule has 1 aliphatic rings. The van der Waals surface area contributed by atoms with Gasteiger partial charge in [-0.2, -0.15) is 0 Å². The third kappa shape index (κ3) is 3.61. The molecule has 3 aromatic heterocycles. The molecule has 0 bridgehead atoms. The summed E-state index contributed by atoms with van der Waals surface area (Å²) >= 11 is 5.83. The van der Waals surface area contributed by atoms with Gasteiger partial charge < -0.3 is 19.5 Å². The van der Waals surface area contributed by atoms with E-state index in [0.717, 1.165) is 34.2 Å². The van der Waals surface area contributed by atoms with E-state index in [1.54, 1.807) is 7.11 Å². The van der Waals surface area contributed by atoms with Gasteiger partial charge in [-0.25, -0.2) is 4.98 Å². The van der Waals surface area contributed by atoms with Crippen LogP contribution in [0.4, 0.5) is 5.69 Å². The maximum atomic E-state index is 5.83. The van der Waals surface area contributed by atoms with Crippen LogP contribution in [0.2, 0.25) is 0 Å². The van der Waals surface area contributed by atoms with Crippen molar-refractivity contribution < 1.29 is 4.74 Å². The third-order valence-electron chi connectivity index (χ3n) is 5.66. The van der Waals surface area contributed by atoms with E-state index in [4.69, 9.17) is 17.0 Å². The van der Waals surface area contributed by atoms with E-state index < -0.39 is 0 Å². The molecule has 1 aliphatic heterocycles. The minimum Gasteiger partial charge on any atom is -0.497 e. The van der Waals surface area contributed by atoms with Crippen molar-refractivity contribution in [3.8, 4) is 11.6 Å². The molecule has 2 atom stereocenters. The summed E-state index contributed by atoms with van der Waals surface area (Å²) in [6.45, 7) is 2.04. The summed E-state index contributed by atoms with van der Waals surface area (Å²) in [5.41, 5.74) is 4.06. The molecule has 6 nitrogen and oxygen atoms in total. The zero-order valence-corrected chi connectivity index (χ0v) is 18.7. The number of benzene rings is 1. The monoisotopic (exact) mass is 441 g/mol. The number of ether oxygens (including phenoxy) is 1. The first-order valence-electron chi connectivity index (χ1n) is 10.4. The van der Waals surface area contributed by atoms with E-state index in [0.29, 0.717) is 5.11 Å². The van der Waals surface area contributed by atoms with Crippen LogP contribution < -0.4 is 15.0 Å². The normalized spacial score (nSPS) is 17.9. The predicted molar refractivity (Wildman–Crippen MR) is 129 cm³/mol. The molecule has 1 N–H and O–H groups in total. The number of methoxy groups -OCH3 is 1. The van der Waals surface area contributed by atoms with E-state index in [9.17, 15) is 0 Å². The summed E-state index contributed by atoms with van der Waals surface area (Å²) in [7, 11) is 1.67. The minimum absolute atomic E-state index is 0.131. The SMILES string of the molecule is COc1cccc(N2C(=S)NC(c3ccccn3)C2c2cccn2-c2ccc(C)cn2)c1. The van der Waals surface area contributed by atoms with Crippen LogP contribution >= 0.6 is 12.2 Å². The Morgan fingerprint density at radius 2 is 1.91 bits per heavy atom. The zero-order valence-electron chi connectivity index (χ0n) is 17.8. The molecule has 7 heteroatoms. The summed E-state index contributed by atoms with van der Waals surface area (Å²) in [5.74, 6) is 1.64. The second-order valence-corrected chi connectivity index (χ2v) is 8.08. The molecule has 1 saturated heterocycles. The maximum Gasteiger partial charge on any atom is 0.174 e. The number of anilines is 1. The standard InChI is InChI=1S/C25H23N5OS/c1-17-11-12-22(27-16-17)29-14-6-10-21(29)24-23(20-9-3-4-13-26-20)28-25(32)30(24)18-7-5-8-19(15-18)31-2/h3-16,23-24H,1-2H3,(H,28,32). The highest BCUT2D eigenvalue weighted by molar-refractivity contribution is 7.80. The molecule has 1 fully saturated rings. The molecule has 4 heterocycles. The van der Waals surface area contributed by atoms with Gasteiger partial charge in [0.25, 0.3) is 0 Å². The van der Waals surface area contributed by atoms with E-state index >= 15 is 0 Å². The molecule has 1 aromatic carbocycles. The average molecular weight is 442 g/mol. The predicted octanol–water partition coefficient (Wildman–Crippen LogP) is 4.76. The van der Waals surface area contributed by atoms with Gasteiger partial charge in [0.1, 0.15) is 17.6 Å². The molecule has 0 amide bonds. The van der Waals surface area contributed by atoms with Crippen LogP contribution in [0, 0.1) is 6.92 Å². The minimum atomic E-state index is -0.136. The van der Waals surface area contributed by atoms with Gasteiger partial charge in [-0.15, -0.1) is 0 Å². The molecule has 2 unspecified atom stereocenters. The van der Waals surface area contributed by atoms with Gasteiger partial charge in [0.05, 0.1) is 18.8 Å². The summed E-state index contributed by atoms with van der Waals surface area (Å²) < 4.78 is 7.59. The van der Waals surface area contributed by atoms with E-state index in [1.165, 1.54) is 0 Å². The smallest absolute Gasteiger partial charge is 0.174 e. The van der Waals surface area contributed by atoms with Crippen molar-refractivity contribution in [3.63, 3.8) is 0 Å². The molecule has 160 valence electrons. The number of nitrogens with one attached hydrogen (secondary N) is 1. The molecule has 5 rings (SSSR count). The maximum absolute atomic E-state index is 5.83. The Kier molecular flexibility index (Phi) is 5.33. The zero-order chi connectivity index (χ0) is 22.1. The van der Waals surface area contributed by atoms with Crippen molar-refractivity contribution in [2.75, 3.05) is 12.0 Å². The lowest BCUT2D eigenvalue weighted by Gasteiger charge is -2.29. The molecule has 0 aliphatic carbocycles. The van der Waals surface area contributed by atoms with Crippen LogP contribution in [-0.2, 0) is 0 Å². The lowest BCUT2D eigenvalue weighted by Crippen LogP contribution is -2.30. The highest BCUT2D eigenvalue weighted by Gasteiger charge is 2.42. The number of thiocarbonyl (C=S) groups is 1. The van der Waals surface area contributed by atoms with Gasteiger partial charge in [0, 0.05) is 36.0 Å². The van der Waals surface area contributed by atoms with Crippen molar-refractivity contribution in [1.82, 2.24) is 19.9 Å². The van der Waals surface area contributed by atoms with E-state index in [-0.39, 0.29) is 12.1 Å². The van der Waals surface area contributed by atoms with Crippen molar-refractivity contribution in [2.24, 2.45) is 0 Å². The lowest BCUT2D eigenvalue weighted by atomic mass is 10.0. The summed E-state index contributed by atoms with van der Waals surface area (Å²) in [4.78, 5) is 11.4. The number of nitrogens with zero attached hydrogens (tertiary/aromatic N) is 4.